The van der Waals surface area contributed by atoms with Crippen LogP contribution in [-0.2, 0) is 0 Å². The second-order valence-electron chi connectivity index (χ2n) is 2.78. The highest BCUT2D eigenvalue weighted by atomic mass is 35.5. The molecule has 7 heteroatoms. The lowest BCUT2D eigenvalue weighted by Gasteiger charge is -2.06. The van der Waals surface area contributed by atoms with Crippen molar-refractivity contribution in [3.8, 4) is 0 Å². The molecule has 78 valence electrons. The lowest BCUT2D eigenvalue weighted by atomic mass is 10.3. The van der Waals surface area contributed by atoms with Crippen molar-refractivity contribution < 1.29 is 10.4 Å². The highest BCUT2D eigenvalue weighted by Crippen LogP contribution is 2.22. The number of nitrogens with zero attached hydrogens (tertiary/aromatic N) is 2. The molecular weight excluding hydrogens is 220 g/mol. The van der Waals surface area contributed by atoms with Crippen LogP contribution in [0.2, 0.25) is 5.02 Å². The Bertz CT molecular complexity index is 505. The Kier molecular flexibility index (Phi) is 2.55. The van der Waals surface area contributed by atoms with Crippen molar-refractivity contribution in [3.05, 3.63) is 23.2 Å². The predicted molar refractivity (Wildman–Crippen MR) is 55.4 cm³/mol. The first-order valence-corrected chi connectivity index (χ1v) is 4.40. The van der Waals surface area contributed by atoms with E-state index in [1.54, 1.807) is 18.2 Å². The summed E-state index contributed by atoms with van der Waals surface area (Å²) in [7, 11) is 0. The maximum atomic E-state index is 8.74. The standard InChI is InChI=1S/C8H7ClN4O2/c9-4-1-2-5-6(3-4)11-8(13-15)7(10-5)12-14/h1-3,14-15H,(H,10,12)(H,11,13). The van der Waals surface area contributed by atoms with Gasteiger partial charge in [0.15, 0.2) is 11.6 Å². The molecule has 0 unspecified atom stereocenters. The Hall–Kier alpha value is -1.63. The molecule has 0 aliphatic carbocycles. The summed E-state index contributed by atoms with van der Waals surface area (Å²) in [4.78, 5) is 8.00. The summed E-state index contributed by atoms with van der Waals surface area (Å²) in [6, 6.07) is 4.92. The van der Waals surface area contributed by atoms with Gasteiger partial charge in [-0.3, -0.25) is 10.4 Å². The monoisotopic (exact) mass is 226 g/mol. The third-order valence-corrected chi connectivity index (χ3v) is 2.07. The molecule has 2 aromatic rings. The second kappa shape index (κ2) is 3.85. The largest absolute Gasteiger partial charge is 0.290 e. The molecule has 0 aliphatic rings. The average Bonchev–Trinajstić information content (AvgIpc) is 2.27. The van der Waals surface area contributed by atoms with E-state index in [4.69, 9.17) is 22.0 Å². The van der Waals surface area contributed by atoms with E-state index in [1.165, 1.54) is 0 Å². The number of benzene rings is 1. The predicted octanol–water partition coefficient (Wildman–Crippen LogP) is 1.89. The van der Waals surface area contributed by atoms with E-state index in [9.17, 15) is 0 Å². The molecule has 6 nitrogen and oxygen atoms in total. The van der Waals surface area contributed by atoms with Gasteiger partial charge in [0.25, 0.3) is 0 Å². The quantitative estimate of drug-likeness (QED) is 0.585. The van der Waals surface area contributed by atoms with Gasteiger partial charge in [-0.25, -0.2) is 20.9 Å². The Morgan fingerprint density at radius 3 is 2.20 bits per heavy atom. The van der Waals surface area contributed by atoms with E-state index < -0.39 is 0 Å². The van der Waals surface area contributed by atoms with Crippen molar-refractivity contribution in [2.75, 3.05) is 11.0 Å². The molecule has 1 aromatic carbocycles. The van der Waals surface area contributed by atoms with Crippen LogP contribution in [0.15, 0.2) is 18.2 Å². The highest BCUT2D eigenvalue weighted by Gasteiger charge is 2.07. The van der Waals surface area contributed by atoms with Gasteiger partial charge >= 0.3 is 0 Å². The average molecular weight is 227 g/mol. The van der Waals surface area contributed by atoms with Crippen LogP contribution >= 0.6 is 11.6 Å². The summed E-state index contributed by atoms with van der Waals surface area (Å²) in [6.45, 7) is 0. The van der Waals surface area contributed by atoms with Crippen LogP contribution in [0.1, 0.15) is 0 Å². The zero-order valence-corrected chi connectivity index (χ0v) is 8.15. The summed E-state index contributed by atoms with van der Waals surface area (Å²) < 4.78 is 0. The van der Waals surface area contributed by atoms with Crippen molar-refractivity contribution in [1.82, 2.24) is 9.97 Å². The lowest BCUT2D eigenvalue weighted by molar-refractivity contribution is 0.373. The SMILES string of the molecule is ONc1nc2ccc(Cl)cc2nc1NO. The minimum atomic E-state index is 0.0206. The Balaban J connectivity index is 2.69. The van der Waals surface area contributed by atoms with Crippen molar-refractivity contribution in [2.24, 2.45) is 0 Å². The third-order valence-electron chi connectivity index (χ3n) is 1.84. The van der Waals surface area contributed by atoms with Gasteiger partial charge in [0.2, 0.25) is 0 Å². The van der Waals surface area contributed by atoms with Crippen molar-refractivity contribution in [2.45, 2.75) is 0 Å². The zero-order chi connectivity index (χ0) is 10.8. The van der Waals surface area contributed by atoms with E-state index in [0.717, 1.165) is 0 Å². The van der Waals surface area contributed by atoms with Gasteiger partial charge in [-0.2, -0.15) is 0 Å². The third kappa shape index (κ3) is 1.78. The van der Waals surface area contributed by atoms with Gasteiger partial charge in [0.1, 0.15) is 0 Å². The van der Waals surface area contributed by atoms with Gasteiger partial charge in [-0.1, -0.05) is 11.6 Å². The Morgan fingerprint density at radius 2 is 1.60 bits per heavy atom. The molecule has 0 spiro atoms. The van der Waals surface area contributed by atoms with Crippen molar-refractivity contribution in [1.29, 1.82) is 0 Å². The molecule has 1 heterocycles. The topological polar surface area (TPSA) is 90.3 Å². The van der Waals surface area contributed by atoms with Crippen LogP contribution in [0.3, 0.4) is 0 Å². The summed E-state index contributed by atoms with van der Waals surface area (Å²) >= 11 is 5.77. The number of fused-ring (bicyclic) bond motifs is 1. The normalized spacial score (nSPS) is 10.3. The van der Waals surface area contributed by atoms with Crippen LogP contribution in [0.25, 0.3) is 11.0 Å². The van der Waals surface area contributed by atoms with E-state index in [-0.39, 0.29) is 11.6 Å². The maximum Gasteiger partial charge on any atom is 0.195 e. The fourth-order valence-electron chi connectivity index (χ4n) is 1.18. The van der Waals surface area contributed by atoms with Gasteiger partial charge in [0.05, 0.1) is 11.0 Å². The minimum Gasteiger partial charge on any atom is -0.290 e. The first-order valence-electron chi connectivity index (χ1n) is 4.02. The zero-order valence-electron chi connectivity index (χ0n) is 7.40. The first-order chi connectivity index (χ1) is 7.24. The summed E-state index contributed by atoms with van der Waals surface area (Å²) in [5.41, 5.74) is 4.71. The lowest BCUT2D eigenvalue weighted by Crippen LogP contribution is -2.03. The highest BCUT2D eigenvalue weighted by molar-refractivity contribution is 6.31. The van der Waals surface area contributed by atoms with Crippen molar-refractivity contribution >= 4 is 34.3 Å². The number of halogens is 1. The summed E-state index contributed by atoms with van der Waals surface area (Å²) in [6.07, 6.45) is 0. The molecule has 1 aromatic heterocycles. The molecule has 0 fully saturated rings. The molecule has 0 radical (unpaired) electrons. The molecule has 2 rings (SSSR count). The Labute approximate surface area is 89.5 Å². The van der Waals surface area contributed by atoms with Crippen LogP contribution < -0.4 is 11.0 Å². The molecular formula is C8H7ClN4O2. The number of aromatic nitrogens is 2. The molecule has 0 saturated heterocycles. The maximum absolute atomic E-state index is 8.74. The Morgan fingerprint density at radius 1 is 1.00 bits per heavy atom. The molecule has 0 amide bonds. The number of hydrogen-bond acceptors (Lipinski definition) is 6. The van der Waals surface area contributed by atoms with E-state index in [1.807, 2.05) is 11.0 Å². The van der Waals surface area contributed by atoms with Crippen LogP contribution in [0.5, 0.6) is 0 Å². The van der Waals surface area contributed by atoms with Gasteiger partial charge < -0.3 is 0 Å². The van der Waals surface area contributed by atoms with Crippen LogP contribution in [0.4, 0.5) is 11.6 Å². The van der Waals surface area contributed by atoms with E-state index >= 15 is 0 Å². The number of rotatable bonds is 2. The fourth-order valence-corrected chi connectivity index (χ4v) is 1.35. The van der Waals surface area contributed by atoms with Crippen molar-refractivity contribution in [3.63, 3.8) is 0 Å². The first kappa shape index (κ1) is 9.91. The van der Waals surface area contributed by atoms with Gasteiger partial charge in [-0.05, 0) is 18.2 Å². The minimum absolute atomic E-state index is 0.0206. The van der Waals surface area contributed by atoms with Gasteiger partial charge in [0, 0.05) is 5.02 Å². The van der Waals surface area contributed by atoms with Gasteiger partial charge in [-0.15, -0.1) is 0 Å². The molecule has 0 atom stereocenters. The summed E-state index contributed by atoms with van der Waals surface area (Å²) in [5.74, 6) is 0.0552. The number of anilines is 2. The number of nitrogens with one attached hydrogen (secondary N) is 2. The van der Waals surface area contributed by atoms with Crippen LogP contribution in [0, 0.1) is 0 Å². The fraction of sp³-hybridized carbons (Fsp3) is 0. The molecule has 4 N–H and O–H groups in total. The molecule has 0 bridgehead atoms. The molecule has 15 heavy (non-hydrogen) atoms. The van der Waals surface area contributed by atoms with Crippen LogP contribution in [-0.4, -0.2) is 20.4 Å². The number of hydrogen-bond donors (Lipinski definition) is 4. The molecule has 0 saturated carbocycles. The van der Waals surface area contributed by atoms with E-state index in [2.05, 4.69) is 9.97 Å². The molecule has 0 aliphatic heterocycles. The summed E-state index contributed by atoms with van der Waals surface area (Å²) in [5, 5.41) is 18.0. The smallest absolute Gasteiger partial charge is 0.195 e. The van der Waals surface area contributed by atoms with E-state index in [0.29, 0.717) is 16.1 Å². The second-order valence-corrected chi connectivity index (χ2v) is 3.21.